The van der Waals surface area contributed by atoms with Crippen molar-refractivity contribution in [2.24, 2.45) is 17.8 Å². The van der Waals surface area contributed by atoms with Crippen molar-refractivity contribution in [3.05, 3.63) is 58.1 Å². The van der Waals surface area contributed by atoms with Crippen LogP contribution in [0.5, 0.6) is 0 Å². The van der Waals surface area contributed by atoms with E-state index in [4.69, 9.17) is 37.8 Å². The molecule has 0 aromatic heterocycles. The number of carbonyl (C=O) groups excluding carboxylic acids is 3. The van der Waals surface area contributed by atoms with Crippen molar-refractivity contribution in [3.8, 4) is 11.1 Å². The SMILES string of the molecule is CCN1C(=O)[C@H]2[C@@H](c3ccc(-c4ccc(Cl)c(Cl)c4)cc3)N[C@@](CC(C)C)(C(=O)OC)[C@H]2C1=O.O=C(O)C(F)(F)F. The Balaban J connectivity index is 0.000000587. The summed E-state index contributed by atoms with van der Waals surface area (Å²) in [6.07, 6.45) is -4.70. The molecule has 0 unspecified atom stereocenters. The highest BCUT2D eigenvalue weighted by atomic mass is 35.5. The molecule has 41 heavy (non-hydrogen) atoms. The molecule has 222 valence electrons. The molecule has 2 aliphatic heterocycles. The zero-order valence-electron chi connectivity index (χ0n) is 22.6. The molecule has 0 bridgehead atoms. The van der Waals surface area contributed by atoms with Crippen LogP contribution in [0.2, 0.25) is 10.0 Å². The maximum absolute atomic E-state index is 13.4. The second-order valence-electron chi connectivity index (χ2n) is 10.2. The molecule has 2 aliphatic rings. The minimum atomic E-state index is -5.08. The van der Waals surface area contributed by atoms with Gasteiger partial charge >= 0.3 is 18.1 Å². The number of nitrogens with one attached hydrogen (secondary N) is 1. The number of carboxylic acids is 1. The lowest BCUT2D eigenvalue weighted by Gasteiger charge is -2.33. The summed E-state index contributed by atoms with van der Waals surface area (Å²) in [5.74, 6) is -5.22. The summed E-state index contributed by atoms with van der Waals surface area (Å²) in [5, 5.41) is 11.5. The highest BCUT2D eigenvalue weighted by Gasteiger charge is 2.68. The van der Waals surface area contributed by atoms with Gasteiger partial charge in [-0.05, 0) is 48.1 Å². The highest BCUT2D eigenvalue weighted by Crippen LogP contribution is 2.51. The molecule has 0 aliphatic carbocycles. The molecular weight excluding hydrogens is 588 g/mol. The number of esters is 1. The average Bonchev–Trinajstić information content (AvgIpc) is 3.37. The molecule has 0 radical (unpaired) electrons. The lowest BCUT2D eigenvalue weighted by molar-refractivity contribution is -0.192. The maximum Gasteiger partial charge on any atom is 0.490 e. The Bertz CT molecular complexity index is 1340. The van der Waals surface area contributed by atoms with E-state index in [0.29, 0.717) is 16.5 Å². The van der Waals surface area contributed by atoms with E-state index in [9.17, 15) is 27.6 Å². The van der Waals surface area contributed by atoms with Crippen LogP contribution >= 0.6 is 23.2 Å². The monoisotopic (exact) mass is 616 g/mol. The van der Waals surface area contributed by atoms with E-state index in [0.717, 1.165) is 16.7 Å². The molecule has 2 aromatic rings. The van der Waals surface area contributed by atoms with Gasteiger partial charge in [0, 0.05) is 12.6 Å². The number of ether oxygens (including phenoxy) is 1. The van der Waals surface area contributed by atoms with Crippen molar-refractivity contribution in [2.75, 3.05) is 13.7 Å². The third-order valence-electron chi connectivity index (χ3n) is 7.11. The molecule has 2 fully saturated rings. The molecule has 0 spiro atoms. The van der Waals surface area contributed by atoms with Crippen LogP contribution in [0.4, 0.5) is 13.2 Å². The van der Waals surface area contributed by atoms with Gasteiger partial charge < -0.3 is 9.84 Å². The standard InChI is InChI=1S/C26H28Cl2N2O4.C2HF3O2/c1-5-30-23(31)20-21(24(30)32)26(13-14(2)3,25(33)34-4)29-22(20)16-8-6-15(7-9-16)17-10-11-18(27)19(28)12-17;3-2(4,5)1(6)7/h6-12,14,20-22,29H,5,13H2,1-4H3;(H,6,7)/t20-,21-,22-,26-;/m1./s1. The van der Waals surface area contributed by atoms with Gasteiger partial charge in [-0.2, -0.15) is 13.2 Å². The summed E-state index contributed by atoms with van der Waals surface area (Å²) in [7, 11) is 1.32. The number of halogens is 5. The zero-order chi connectivity index (χ0) is 30.9. The van der Waals surface area contributed by atoms with Crippen molar-refractivity contribution in [1.82, 2.24) is 10.2 Å². The minimum absolute atomic E-state index is 0.0987. The number of fused-ring (bicyclic) bond motifs is 1. The van der Waals surface area contributed by atoms with Gasteiger partial charge in [0.05, 0.1) is 29.0 Å². The van der Waals surface area contributed by atoms with Crippen molar-refractivity contribution in [2.45, 2.75) is 44.9 Å². The van der Waals surface area contributed by atoms with Gasteiger partial charge in [-0.3, -0.25) is 24.6 Å². The number of hydrogen-bond donors (Lipinski definition) is 2. The lowest BCUT2D eigenvalue weighted by Crippen LogP contribution is -2.57. The van der Waals surface area contributed by atoms with Crippen LogP contribution in [0.3, 0.4) is 0 Å². The van der Waals surface area contributed by atoms with Crippen molar-refractivity contribution >= 4 is 47.0 Å². The molecule has 2 aromatic carbocycles. The fourth-order valence-corrected chi connectivity index (χ4v) is 5.80. The molecule has 2 N–H and O–H groups in total. The predicted molar refractivity (Wildman–Crippen MR) is 145 cm³/mol. The Morgan fingerprint density at radius 3 is 2.07 bits per heavy atom. The van der Waals surface area contributed by atoms with E-state index >= 15 is 0 Å². The number of methoxy groups -OCH3 is 1. The third kappa shape index (κ3) is 6.37. The number of benzene rings is 2. The largest absolute Gasteiger partial charge is 0.490 e. The minimum Gasteiger partial charge on any atom is -0.475 e. The summed E-state index contributed by atoms with van der Waals surface area (Å²) < 4.78 is 36.9. The number of amides is 2. The molecule has 8 nitrogen and oxygen atoms in total. The quantitative estimate of drug-likeness (QED) is 0.325. The Kier molecular flexibility index (Phi) is 9.77. The van der Waals surface area contributed by atoms with E-state index in [1.165, 1.54) is 12.0 Å². The van der Waals surface area contributed by atoms with Crippen molar-refractivity contribution < 1.29 is 42.2 Å². The molecule has 4 rings (SSSR count). The first kappa shape index (κ1) is 32.4. The lowest BCUT2D eigenvalue weighted by atomic mass is 9.75. The molecular formula is C28H29Cl2F3N2O6. The first-order valence-corrected chi connectivity index (χ1v) is 13.4. The third-order valence-corrected chi connectivity index (χ3v) is 7.85. The Labute approximate surface area is 244 Å². The highest BCUT2D eigenvalue weighted by molar-refractivity contribution is 6.42. The topological polar surface area (TPSA) is 113 Å². The fraction of sp³-hybridized carbons (Fsp3) is 0.429. The molecule has 2 amide bonds. The number of aliphatic carboxylic acids is 1. The summed E-state index contributed by atoms with van der Waals surface area (Å²) >= 11 is 12.2. The van der Waals surface area contributed by atoms with E-state index in [1.54, 1.807) is 19.1 Å². The van der Waals surface area contributed by atoms with Crippen LogP contribution in [-0.2, 0) is 23.9 Å². The van der Waals surface area contributed by atoms with Crippen LogP contribution in [0.15, 0.2) is 42.5 Å². The number of alkyl halides is 3. The van der Waals surface area contributed by atoms with Crippen LogP contribution in [0.25, 0.3) is 11.1 Å². The summed E-state index contributed by atoms with van der Waals surface area (Å²) in [6.45, 7) is 6.01. The Hall–Kier alpha value is -3.15. The van der Waals surface area contributed by atoms with Gasteiger partial charge in [-0.1, -0.05) is 67.4 Å². The van der Waals surface area contributed by atoms with Crippen LogP contribution in [0, 0.1) is 17.8 Å². The van der Waals surface area contributed by atoms with Crippen molar-refractivity contribution in [1.29, 1.82) is 0 Å². The van der Waals surface area contributed by atoms with Crippen LogP contribution in [0.1, 0.15) is 38.8 Å². The molecule has 13 heteroatoms. The number of carboxylic acid groups (broad SMARTS) is 1. The number of nitrogens with zero attached hydrogens (tertiary/aromatic N) is 1. The van der Waals surface area contributed by atoms with Gasteiger partial charge in [0.1, 0.15) is 5.54 Å². The van der Waals surface area contributed by atoms with E-state index in [1.807, 2.05) is 44.2 Å². The van der Waals surface area contributed by atoms with Crippen molar-refractivity contribution in [3.63, 3.8) is 0 Å². The number of rotatable bonds is 6. The fourth-order valence-electron chi connectivity index (χ4n) is 5.50. The predicted octanol–water partition coefficient (Wildman–Crippen LogP) is 5.52. The van der Waals surface area contributed by atoms with E-state index in [-0.39, 0.29) is 24.3 Å². The molecule has 2 heterocycles. The summed E-state index contributed by atoms with van der Waals surface area (Å²) in [6, 6.07) is 12.6. The number of imide groups is 1. The average molecular weight is 617 g/mol. The van der Waals surface area contributed by atoms with Gasteiger partial charge in [-0.25, -0.2) is 4.79 Å². The second-order valence-corrected chi connectivity index (χ2v) is 11.0. The van der Waals surface area contributed by atoms with Gasteiger partial charge in [0.15, 0.2) is 0 Å². The summed E-state index contributed by atoms with van der Waals surface area (Å²) in [4.78, 5) is 50.0. The Morgan fingerprint density at radius 2 is 1.61 bits per heavy atom. The van der Waals surface area contributed by atoms with Crippen LogP contribution in [-0.4, -0.2) is 59.1 Å². The zero-order valence-corrected chi connectivity index (χ0v) is 24.1. The smallest absolute Gasteiger partial charge is 0.475 e. The first-order valence-electron chi connectivity index (χ1n) is 12.7. The van der Waals surface area contributed by atoms with Gasteiger partial charge in [-0.15, -0.1) is 0 Å². The Morgan fingerprint density at radius 1 is 1.05 bits per heavy atom. The van der Waals surface area contributed by atoms with E-state index < -0.39 is 41.5 Å². The second kappa shape index (κ2) is 12.4. The van der Waals surface area contributed by atoms with E-state index in [2.05, 4.69) is 5.32 Å². The normalized spacial score (nSPS) is 23.8. The van der Waals surface area contributed by atoms with Gasteiger partial charge in [0.2, 0.25) is 11.8 Å². The number of carbonyl (C=O) groups is 4. The molecule has 4 atom stereocenters. The molecule has 2 saturated heterocycles. The summed E-state index contributed by atoms with van der Waals surface area (Å²) in [5.41, 5.74) is 1.40. The van der Waals surface area contributed by atoms with Gasteiger partial charge in [0.25, 0.3) is 0 Å². The number of likely N-dealkylation sites (tertiary alicyclic amines) is 1. The van der Waals surface area contributed by atoms with Crippen LogP contribution < -0.4 is 5.32 Å². The number of hydrogen-bond acceptors (Lipinski definition) is 6. The molecule has 0 saturated carbocycles. The maximum atomic E-state index is 13.4. The first-order chi connectivity index (χ1) is 19.1.